The molecule has 0 bridgehead atoms. The Labute approximate surface area is 138 Å². The molecule has 0 heterocycles. The molecule has 0 radical (unpaired) electrons. The number of carbonyl (C=O) groups is 1. The van der Waals surface area contributed by atoms with Crippen LogP contribution in [0, 0.1) is 5.92 Å². The third kappa shape index (κ3) is 7.11. The fourth-order valence-electron chi connectivity index (χ4n) is 1.82. The molecule has 1 unspecified atom stereocenters. The molecular weight excluding hydrogens is 326 g/mol. The highest BCUT2D eigenvalue weighted by Crippen LogP contribution is 2.17. The zero-order valence-corrected chi connectivity index (χ0v) is 14.7. The van der Waals surface area contributed by atoms with Gasteiger partial charge in [0.2, 0.25) is 15.9 Å². The summed E-state index contributed by atoms with van der Waals surface area (Å²) in [6.45, 7) is 4.20. The topological polar surface area (TPSA) is 87.3 Å². The van der Waals surface area contributed by atoms with E-state index in [0.717, 1.165) is 0 Å². The SMILES string of the molecule is CCCS(=O)(=O)Nc1cccc(NC(=O)C(C)CNC)c1.Cl. The summed E-state index contributed by atoms with van der Waals surface area (Å²) in [6.07, 6.45) is 0.549. The normalized spacial score (nSPS) is 12.1. The second-order valence-electron chi connectivity index (χ2n) is 4.95. The van der Waals surface area contributed by atoms with Crippen LogP contribution in [0.3, 0.4) is 0 Å². The van der Waals surface area contributed by atoms with Crippen LogP contribution in [0.15, 0.2) is 24.3 Å². The maximum atomic E-state index is 11.9. The van der Waals surface area contributed by atoms with Gasteiger partial charge >= 0.3 is 0 Å². The highest BCUT2D eigenvalue weighted by molar-refractivity contribution is 7.92. The Balaban J connectivity index is 0.00000441. The third-order valence-corrected chi connectivity index (χ3v) is 4.33. The summed E-state index contributed by atoms with van der Waals surface area (Å²) < 4.78 is 25.9. The van der Waals surface area contributed by atoms with Crippen LogP contribution in [0.4, 0.5) is 11.4 Å². The molecule has 1 atom stereocenters. The lowest BCUT2D eigenvalue weighted by molar-refractivity contribution is -0.119. The number of hydrogen-bond acceptors (Lipinski definition) is 4. The number of anilines is 2. The minimum absolute atomic E-state index is 0. The number of nitrogens with one attached hydrogen (secondary N) is 3. The number of hydrogen-bond donors (Lipinski definition) is 3. The fraction of sp³-hybridized carbons (Fsp3) is 0.500. The van der Waals surface area contributed by atoms with E-state index in [-0.39, 0.29) is 30.0 Å². The van der Waals surface area contributed by atoms with Gasteiger partial charge in [-0.3, -0.25) is 9.52 Å². The summed E-state index contributed by atoms with van der Waals surface area (Å²) in [5, 5.41) is 5.71. The minimum Gasteiger partial charge on any atom is -0.326 e. The van der Waals surface area contributed by atoms with Gasteiger partial charge < -0.3 is 10.6 Å². The summed E-state index contributed by atoms with van der Waals surface area (Å²) in [7, 11) is -1.54. The van der Waals surface area contributed by atoms with Crippen LogP contribution in [-0.2, 0) is 14.8 Å². The maximum absolute atomic E-state index is 11.9. The van der Waals surface area contributed by atoms with Gasteiger partial charge in [-0.15, -0.1) is 12.4 Å². The highest BCUT2D eigenvalue weighted by Gasteiger charge is 2.13. The van der Waals surface area contributed by atoms with Crippen molar-refractivity contribution >= 4 is 39.7 Å². The molecule has 1 aromatic rings. The van der Waals surface area contributed by atoms with E-state index in [2.05, 4.69) is 15.4 Å². The smallest absolute Gasteiger partial charge is 0.232 e. The number of sulfonamides is 1. The molecule has 22 heavy (non-hydrogen) atoms. The van der Waals surface area contributed by atoms with Gasteiger partial charge in [0, 0.05) is 18.2 Å². The van der Waals surface area contributed by atoms with E-state index in [1.165, 1.54) is 0 Å². The number of rotatable bonds is 8. The summed E-state index contributed by atoms with van der Waals surface area (Å²) in [5.41, 5.74) is 1.02. The lowest BCUT2D eigenvalue weighted by Crippen LogP contribution is -2.28. The van der Waals surface area contributed by atoms with Crippen molar-refractivity contribution in [2.24, 2.45) is 5.92 Å². The number of benzene rings is 1. The predicted octanol–water partition coefficient (Wildman–Crippen LogP) is 2.05. The summed E-state index contributed by atoms with van der Waals surface area (Å²) in [4.78, 5) is 11.9. The predicted molar refractivity (Wildman–Crippen MR) is 93.1 cm³/mol. The molecule has 1 rings (SSSR count). The van der Waals surface area contributed by atoms with Crippen molar-refractivity contribution in [3.05, 3.63) is 24.3 Å². The molecule has 0 aliphatic carbocycles. The molecule has 126 valence electrons. The van der Waals surface area contributed by atoms with Crippen LogP contribution in [0.1, 0.15) is 20.3 Å². The van der Waals surface area contributed by atoms with Crippen LogP contribution in [0.5, 0.6) is 0 Å². The lowest BCUT2D eigenvalue weighted by Gasteiger charge is -2.13. The van der Waals surface area contributed by atoms with Gasteiger partial charge in [0.05, 0.1) is 11.4 Å². The summed E-state index contributed by atoms with van der Waals surface area (Å²) >= 11 is 0. The largest absolute Gasteiger partial charge is 0.326 e. The zero-order chi connectivity index (χ0) is 15.9. The number of carbonyl (C=O) groups excluding carboxylic acids is 1. The Hall–Kier alpha value is -1.31. The molecule has 1 amide bonds. The van der Waals surface area contributed by atoms with E-state index < -0.39 is 10.0 Å². The monoisotopic (exact) mass is 349 g/mol. The van der Waals surface area contributed by atoms with Crippen molar-refractivity contribution in [3.63, 3.8) is 0 Å². The summed E-state index contributed by atoms with van der Waals surface area (Å²) in [5.74, 6) is -0.212. The highest BCUT2D eigenvalue weighted by atomic mass is 35.5. The molecular formula is C14H24ClN3O3S. The minimum atomic E-state index is -3.33. The van der Waals surface area contributed by atoms with Gasteiger partial charge in [0.25, 0.3) is 0 Å². The van der Waals surface area contributed by atoms with Crippen molar-refractivity contribution in [3.8, 4) is 0 Å². The van der Waals surface area contributed by atoms with Gasteiger partial charge in [-0.05, 0) is 31.7 Å². The first-order chi connectivity index (χ1) is 9.88. The summed E-state index contributed by atoms with van der Waals surface area (Å²) in [6, 6.07) is 6.68. The van der Waals surface area contributed by atoms with Crippen molar-refractivity contribution in [2.45, 2.75) is 20.3 Å². The molecule has 3 N–H and O–H groups in total. The molecule has 6 nitrogen and oxygen atoms in total. The van der Waals surface area contributed by atoms with Crippen LogP contribution in [0.2, 0.25) is 0 Å². The van der Waals surface area contributed by atoms with Crippen molar-refractivity contribution in [1.29, 1.82) is 0 Å². The van der Waals surface area contributed by atoms with E-state index >= 15 is 0 Å². The average molecular weight is 350 g/mol. The molecule has 0 aliphatic heterocycles. The van der Waals surface area contributed by atoms with Crippen LogP contribution in [0.25, 0.3) is 0 Å². The second-order valence-corrected chi connectivity index (χ2v) is 6.79. The van der Waals surface area contributed by atoms with Crippen LogP contribution < -0.4 is 15.4 Å². The maximum Gasteiger partial charge on any atom is 0.232 e. The molecule has 0 aliphatic rings. The van der Waals surface area contributed by atoms with Crippen molar-refractivity contribution < 1.29 is 13.2 Å². The standard InChI is InChI=1S/C14H23N3O3S.ClH/c1-4-8-21(19,20)17-13-7-5-6-12(9-13)16-14(18)11(2)10-15-3;/h5-7,9,11,15,17H,4,8,10H2,1-3H3,(H,16,18);1H. The number of halogens is 1. The molecule has 0 saturated heterocycles. The first-order valence-corrected chi connectivity index (χ1v) is 8.59. The Morgan fingerprint density at radius 3 is 2.50 bits per heavy atom. The van der Waals surface area contributed by atoms with Crippen LogP contribution >= 0.6 is 12.4 Å². The Morgan fingerprint density at radius 2 is 1.91 bits per heavy atom. The molecule has 0 spiro atoms. The molecule has 0 saturated carbocycles. The van der Waals surface area contributed by atoms with Gasteiger partial charge in [-0.25, -0.2) is 8.42 Å². The van der Waals surface area contributed by atoms with Crippen molar-refractivity contribution in [1.82, 2.24) is 5.32 Å². The van der Waals surface area contributed by atoms with E-state index in [1.807, 2.05) is 6.92 Å². The first-order valence-electron chi connectivity index (χ1n) is 6.94. The van der Waals surface area contributed by atoms with Gasteiger partial charge in [-0.1, -0.05) is 19.9 Å². The third-order valence-electron chi connectivity index (χ3n) is 2.83. The van der Waals surface area contributed by atoms with Gasteiger partial charge in [0.1, 0.15) is 0 Å². The Morgan fingerprint density at radius 1 is 1.27 bits per heavy atom. The van der Waals surface area contributed by atoms with E-state index in [4.69, 9.17) is 0 Å². The van der Waals surface area contributed by atoms with E-state index in [0.29, 0.717) is 24.3 Å². The molecule has 8 heteroatoms. The van der Waals surface area contributed by atoms with Gasteiger partial charge in [-0.2, -0.15) is 0 Å². The van der Waals surface area contributed by atoms with Gasteiger partial charge in [0.15, 0.2) is 0 Å². The zero-order valence-electron chi connectivity index (χ0n) is 13.0. The quantitative estimate of drug-likeness (QED) is 0.670. The van der Waals surface area contributed by atoms with Crippen molar-refractivity contribution in [2.75, 3.05) is 29.4 Å². The molecule has 0 aromatic heterocycles. The molecule has 1 aromatic carbocycles. The second kappa shape index (κ2) is 9.66. The Kier molecular flexibility index (Phi) is 9.08. The van der Waals surface area contributed by atoms with E-state index in [9.17, 15) is 13.2 Å². The fourth-order valence-corrected chi connectivity index (χ4v) is 2.95. The lowest BCUT2D eigenvalue weighted by atomic mass is 10.1. The van der Waals surface area contributed by atoms with E-state index in [1.54, 1.807) is 38.2 Å². The number of amides is 1. The average Bonchev–Trinajstić information content (AvgIpc) is 2.38. The van der Waals surface area contributed by atoms with Crippen LogP contribution in [-0.4, -0.2) is 33.7 Å². The first kappa shape index (κ1) is 20.7. The molecule has 0 fully saturated rings. The Bertz CT molecular complexity index is 578.